The van der Waals surface area contributed by atoms with Gasteiger partial charge in [0.05, 0.1) is 20.1 Å². The highest BCUT2D eigenvalue weighted by atomic mass is 19.4. The number of alkyl halides is 3. The molecule has 0 unspecified atom stereocenters. The molecule has 0 N–H and O–H groups in total. The molecule has 0 bridgehead atoms. The van der Waals surface area contributed by atoms with Crippen molar-refractivity contribution in [2.45, 2.75) is 32.0 Å². The fraction of sp³-hybridized carbons (Fsp3) is 0.591. The third-order valence-electron chi connectivity index (χ3n) is 5.85. The fourth-order valence-electron chi connectivity index (χ4n) is 3.97. The first-order valence-electron chi connectivity index (χ1n) is 10.8. The number of benzene rings is 1. The molecule has 0 aromatic heterocycles. The van der Waals surface area contributed by atoms with Crippen LogP contribution < -0.4 is 9.47 Å². The molecule has 0 radical (unpaired) electrons. The predicted molar refractivity (Wildman–Crippen MR) is 111 cm³/mol. The number of carbonyl (C=O) groups is 3. The first-order chi connectivity index (χ1) is 16.1. The van der Waals surface area contributed by atoms with Crippen LogP contribution in [0.2, 0.25) is 0 Å². The minimum atomic E-state index is -4.60. The maximum Gasteiger partial charge on any atom is 0.422 e. The molecule has 2 aliphatic heterocycles. The van der Waals surface area contributed by atoms with Crippen LogP contribution in [0.3, 0.4) is 0 Å². The van der Waals surface area contributed by atoms with E-state index in [1.807, 2.05) is 12.1 Å². The van der Waals surface area contributed by atoms with E-state index in [1.54, 1.807) is 12.0 Å². The Morgan fingerprint density at radius 1 is 0.941 bits per heavy atom. The number of nitrogens with zero attached hydrogens (tertiary/aromatic N) is 2. The number of hydrogen-bond acceptors (Lipinski definition) is 7. The molecule has 188 valence electrons. The third kappa shape index (κ3) is 6.45. The van der Waals surface area contributed by atoms with Crippen molar-refractivity contribution in [2.24, 2.45) is 5.92 Å². The smallest absolute Gasteiger partial charge is 0.422 e. The minimum Gasteiger partial charge on any atom is -0.493 e. The molecular formula is C22H27F3N2O7. The standard InChI is InChI=1S/C22H27F3N2O7/c1-31-17-9-15-5-8-27(11-16(15)10-18(17)32-2)19(28)12-33-20(29)14-3-6-26(7-4-14)21(30)34-13-22(23,24)25/h9-10,14H,3-8,11-13H2,1-2H3. The van der Waals surface area contributed by atoms with Gasteiger partial charge in [0.15, 0.2) is 24.7 Å². The van der Waals surface area contributed by atoms with Crippen molar-refractivity contribution in [3.05, 3.63) is 23.3 Å². The highest BCUT2D eigenvalue weighted by molar-refractivity contribution is 5.81. The maximum atomic E-state index is 12.6. The van der Waals surface area contributed by atoms with Gasteiger partial charge in [-0.2, -0.15) is 13.2 Å². The van der Waals surface area contributed by atoms with Gasteiger partial charge in [-0.1, -0.05) is 0 Å². The van der Waals surface area contributed by atoms with Crippen molar-refractivity contribution in [3.63, 3.8) is 0 Å². The summed E-state index contributed by atoms with van der Waals surface area (Å²) in [4.78, 5) is 39.4. The highest BCUT2D eigenvalue weighted by Crippen LogP contribution is 2.33. The van der Waals surface area contributed by atoms with Gasteiger partial charge in [0.25, 0.3) is 5.91 Å². The van der Waals surface area contributed by atoms with E-state index in [2.05, 4.69) is 4.74 Å². The zero-order valence-corrected chi connectivity index (χ0v) is 19.0. The molecular weight excluding hydrogens is 461 g/mol. The lowest BCUT2D eigenvalue weighted by Crippen LogP contribution is -2.42. The van der Waals surface area contributed by atoms with E-state index in [4.69, 9.17) is 14.2 Å². The zero-order valence-electron chi connectivity index (χ0n) is 19.0. The first kappa shape index (κ1) is 25.4. The van der Waals surface area contributed by atoms with Crippen molar-refractivity contribution in [2.75, 3.05) is 47.1 Å². The van der Waals surface area contributed by atoms with Crippen LogP contribution in [0.15, 0.2) is 12.1 Å². The van der Waals surface area contributed by atoms with Crippen LogP contribution in [0.4, 0.5) is 18.0 Å². The van der Waals surface area contributed by atoms with Crippen molar-refractivity contribution in [1.29, 1.82) is 0 Å². The van der Waals surface area contributed by atoms with Gasteiger partial charge in [0, 0.05) is 26.2 Å². The molecule has 0 saturated carbocycles. The number of fused-ring (bicyclic) bond motifs is 1. The van der Waals surface area contributed by atoms with E-state index >= 15 is 0 Å². The zero-order chi connectivity index (χ0) is 24.9. The SMILES string of the molecule is COc1cc2c(cc1OC)CN(C(=O)COC(=O)C1CCN(C(=O)OCC(F)(F)F)CC1)CC2. The lowest BCUT2D eigenvalue weighted by atomic mass is 9.97. The van der Waals surface area contributed by atoms with Crippen LogP contribution in [0.1, 0.15) is 24.0 Å². The molecule has 0 spiro atoms. The number of carbonyl (C=O) groups excluding carboxylic acids is 3. The van der Waals surface area contributed by atoms with Crippen LogP contribution in [-0.2, 0) is 32.0 Å². The Balaban J connectivity index is 1.44. The van der Waals surface area contributed by atoms with Gasteiger partial charge >= 0.3 is 18.2 Å². The Hall–Kier alpha value is -3.18. The molecule has 1 aromatic carbocycles. The summed E-state index contributed by atoms with van der Waals surface area (Å²) in [6, 6.07) is 3.72. The molecule has 0 aliphatic carbocycles. The Kier molecular flexibility index (Phi) is 8.11. The summed E-state index contributed by atoms with van der Waals surface area (Å²) in [5, 5.41) is 0. The van der Waals surface area contributed by atoms with E-state index in [-0.39, 0.29) is 31.8 Å². The van der Waals surface area contributed by atoms with Crippen LogP contribution in [-0.4, -0.2) is 81.0 Å². The summed E-state index contributed by atoms with van der Waals surface area (Å²) in [5.41, 5.74) is 1.98. The molecule has 1 aromatic rings. The van der Waals surface area contributed by atoms with Crippen molar-refractivity contribution >= 4 is 18.0 Å². The topological polar surface area (TPSA) is 94.6 Å². The largest absolute Gasteiger partial charge is 0.493 e. The Morgan fingerprint density at radius 3 is 2.15 bits per heavy atom. The fourth-order valence-corrected chi connectivity index (χ4v) is 3.97. The average Bonchev–Trinajstić information content (AvgIpc) is 2.83. The molecule has 1 saturated heterocycles. The summed E-state index contributed by atoms with van der Waals surface area (Å²) < 4.78 is 56.6. The molecule has 9 nitrogen and oxygen atoms in total. The van der Waals surface area contributed by atoms with Crippen molar-refractivity contribution < 1.29 is 46.5 Å². The van der Waals surface area contributed by atoms with Crippen LogP contribution in [0.25, 0.3) is 0 Å². The lowest BCUT2D eigenvalue weighted by molar-refractivity contribution is -0.163. The summed E-state index contributed by atoms with van der Waals surface area (Å²) in [5.74, 6) is -0.258. The van der Waals surface area contributed by atoms with Gasteiger partial charge in [-0.15, -0.1) is 0 Å². The van der Waals surface area contributed by atoms with E-state index in [1.165, 1.54) is 7.11 Å². The highest BCUT2D eigenvalue weighted by Gasteiger charge is 2.33. The van der Waals surface area contributed by atoms with Crippen LogP contribution in [0.5, 0.6) is 11.5 Å². The number of likely N-dealkylation sites (tertiary alicyclic amines) is 1. The van der Waals surface area contributed by atoms with Gasteiger partial charge in [0.2, 0.25) is 0 Å². The molecule has 2 amide bonds. The summed E-state index contributed by atoms with van der Waals surface area (Å²) in [6.07, 6.45) is -4.61. The monoisotopic (exact) mass is 488 g/mol. The normalized spacial score (nSPS) is 16.5. The van der Waals surface area contributed by atoms with Crippen molar-refractivity contribution in [3.8, 4) is 11.5 Å². The van der Waals surface area contributed by atoms with Crippen LogP contribution >= 0.6 is 0 Å². The number of hydrogen-bond donors (Lipinski definition) is 0. The average molecular weight is 488 g/mol. The van der Waals surface area contributed by atoms with Gasteiger partial charge in [-0.25, -0.2) is 4.79 Å². The van der Waals surface area contributed by atoms with E-state index < -0.39 is 37.4 Å². The second-order valence-corrected chi connectivity index (χ2v) is 8.08. The molecule has 34 heavy (non-hydrogen) atoms. The lowest BCUT2D eigenvalue weighted by Gasteiger charge is -2.31. The van der Waals surface area contributed by atoms with Gasteiger partial charge < -0.3 is 28.7 Å². The number of esters is 1. The molecule has 0 atom stereocenters. The van der Waals surface area contributed by atoms with Crippen LogP contribution in [0, 0.1) is 5.92 Å². The summed E-state index contributed by atoms with van der Waals surface area (Å²) in [7, 11) is 3.09. The third-order valence-corrected chi connectivity index (χ3v) is 5.85. The molecule has 2 aliphatic rings. The number of rotatable bonds is 6. The summed E-state index contributed by atoms with van der Waals surface area (Å²) in [6.45, 7) is -1.11. The number of halogens is 3. The summed E-state index contributed by atoms with van der Waals surface area (Å²) >= 11 is 0. The molecule has 2 heterocycles. The van der Waals surface area contributed by atoms with E-state index in [0.717, 1.165) is 16.0 Å². The Bertz CT molecular complexity index is 914. The molecule has 1 fully saturated rings. The molecule has 12 heteroatoms. The van der Waals surface area contributed by atoms with Gasteiger partial charge in [0.1, 0.15) is 0 Å². The minimum absolute atomic E-state index is 0.0681. The molecule has 3 rings (SSSR count). The van der Waals surface area contributed by atoms with Gasteiger partial charge in [-0.05, 0) is 42.5 Å². The Labute approximate surface area is 194 Å². The maximum absolute atomic E-state index is 12.6. The second kappa shape index (κ2) is 10.8. The quantitative estimate of drug-likeness (QED) is 0.568. The van der Waals surface area contributed by atoms with E-state index in [9.17, 15) is 27.6 Å². The van der Waals surface area contributed by atoms with Crippen molar-refractivity contribution in [1.82, 2.24) is 9.80 Å². The number of methoxy groups -OCH3 is 2. The van der Waals surface area contributed by atoms with E-state index in [0.29, 0.717) is 31.0 Å². The Morgan fingerprint density at radius 2 is 1.56 bits per heavy atom. The van der Waals surface area contributed by atoms with Gasteiger partial charge in [-0.3, -0.25) is 9.59 Å². The number of piperidine rings is 1. The predicted octanol–water partition coefficient (Wildman–Crippen LogP) is 2.54. The second-order valence-electron chi connectivity index (χ2n) is 8.08. The number of ether oxygens (including phenoxy) is 4. The first-order valence-corrected chi connectivity index (χ1v) is 10.8. The number of amides is 2.